The summed E-state index contributed by atoms with van der Waals surface area (Å²) in [6.07, 6.45) is 0.447. The van der Waals surface area contributed by atoms with Gasteiger partial charge >= 0.3 is 0 Å². The average molecular weight is 456 g/mol. The highest BCUT2D eigenvalue weighted by molar-refractivity contribution is 6.14. The first-order valence-electron chi connectivity index (χ1n) is 10.4. The molecule has 3 rings (SSSR count). The molecule has 0 saturated carbocycles. The van der Waals surface area contributed by atoms with Crippen LogP contribution >= 0.6 is 0 Å². The summed E-state index contributed by atoms with van der Waals surface area (Å²) in [4.78, 5) is 38.4. The van der Waals surface area contributed by atoms with Gasteiger partial charge in [0.2, 0.25) is 5.75 Å². The zero-order valence-electron chi connectivity index (χ0n) is 19.9. The van der Waals surface area contributed by atoms with E-state index >= 15 is 0 Å². The molecule has 2 aromatic carbocycles. The molecule has 0 aromatic heterocycles. The lowest BCUT2D eigenvalue weighted by Gasteiger charge is -2.31. The Hall–Kier alpha value is -3.55. The van der Waals surface area contributed by atoms with Gasteiger partial charge in [0.05, 0.1) is 46.2 Å². The molecule has 0 fully saturated rings. The van der Waals surface area contributed by atoms with E-state index in [2.05, 4.69) is 0 Å². The van der Waals surface area contributed by atoms with Crippen LogP contribution in [0.5, 0.6) is 28.7 Å². The van der Waals surface area contributed by atoms with Crippen LogP contribution in [0.2, 0.25) is 0 Å². The second-order valence-electron chi connectivity index (χ2n) is 7.78. The molecule has 0 aliphatic carbocycles. The zero-order chi connectivity index (χ0) is 24.4. The quantitative estimate of drug-likeness (QED) is 0.549. The van der Waals surface area contributed by atoms with E-state index in [1.54, 1.807) is 13.2 Å². The molecule has 176 valence electrons. The Morgan fingerprint density at radius 2 is 1.30 bits per heavy atom. The molecule has 1 atom stereocenters. The summed E-state index contributed by atoms with van der Waals surface area (Å²) in [7, 11) is 5.84. The van der Waals surface area contributed by atoms with Crippen molar-refractivity contribution in [3.63, 3.8) is 0 Å². The van der Waals surface area contributed by atoms with Crippen LogP contribution in [0.4, 0.5) is 0 Å². The number of rotatable bonds is 8. The van der Waals surface area contributed by atoms with Crippen molar-refractivity contribution in [1.82, 2.24) is 0 Å². The van der Waals surface area contributed by atoms with E-state index < -0.39 is 5.92 Å². The topological polar surface area (TPSA) is 97.4 Å². The minimum Gasteiger partial charge on any atom is -0.493 e. The fourth-order valence-corrected chi connectivity index (χ4v) is 4.52. The highest BCUT2D eigenvalue weighted by Crippen LogP contribution is 2.48. The number of hydrogen-bond acceptors (Lipinski definition) is 8. The molecule has 0 N–H and O–H groups in total. The molecule has 33 heavy (non-hydrogen) atoms. The predicted octanol–water partition coefficient (Wildman–Crippen LogP) is 4.05. The number of ketones is 3. The summed E-state index contributed by atoms with van der Waals surface area (Å²) in [6, 6.07) is 3.63. The summed E-state index contributed by atoms with van der Waals surface area (Å²) in [5, 5.41) is 0. The second-order valence-corrected chi connectivity index (χ2v) is 7.78. The van der Waals surface area contributed by atoms with E-state index in [1.165, 1.54) is 42.1 Å². The van der Waals surface area contributed by atoms with Crippen LogP contribution in [0, 0.1) is 0 Å². The largest absolute Gasteiger partial charge is 0.493 e. The SMILES string of the molecule is COc1ccc2c(c1OC)OCC(c1c(C(C)=O)c(OC)c(OC)c(C(C)=O)c1C(C)=O)C2. The molecule has 0 radical (unpaired) electrons. The van der Waals surface area contributed by atoms with E-state index in [9.17, 15) is 14.4 Å². The van der Waals surface area contributed by atoms with Crippen LogP contribution < -0.4 is 23.7 Å². The first-order valence-corrected chi connectivity index (χ1v) is 10.4. The highest BCUT2D eigenvalue weighted by Gasteiger charge is 2.37. The van der Waals surface area contributed by atoms with Gasteiger partial charge in [-0.05, 0) is 44.4 Å². The zero-order valence-corrected chi connectivity index (χ0v) is 19.9. The molecule has 1 aliphatic rings. The first-order chi connectivity index (χ1) is 15.7. The van der Waals surface area contributed by atoms with Crippen LogP contribution in [-0.2, 0) is 6.42 Å². The number of fused-ring (bicyclic) bond motifs is 1. The summed E-state index contributed by atoms with van der Waals surface area (Å²) in [6.45, 7) is 4.27. The lowest BCUT2D eigenvalue weighted by atomic mass is 9.79. The molecular weight excluding hydrogens is 428 g/mol. The van der Waals surface area contributed by atoms with E-state index in [-0.39, 0.29) is 52.1 Å². The van der Waals surface area contributed by atoms with Gasteiger partial charge in [0.15, 0.2) is 40.3 Å². The maximum atomic E-state index is 12.9. The summed E-state index contributed by atoms with van der Waals surface area (Å²) >= 11 is 0. The van der Waals surface area contributed by atoms with Crippen molar-refractivity contribution in [1.29, 1.82) is 0 Å². The van der Waals surface area contributed by atoms with E-state index in [0.717, 1.165) is 5.56 Å². The third-order valence-corrected chi connectivity index (χ3v) is 5.80. The van der Waals surface area contributed by atoms with Crippen LogP contribution in [-0.4, -0.2) is 52.4 Å². The Morgan fingerprint density at radius 3 is 1.79 bits per heavy atom. The molecule has 8 nitrogen and oxygen atoms in total. The Kier molecular flexibility index (Phi) is 6.95. The van der Waals surface area contributed by atoms with Gasteiger partial charge in [-0.2, -0.15) is 0 Å². The van der Waals surface area contributed by atoms with Crippen LogP contribution in [0.3, 0.4) is 0 Å². The van der Waals surface area contributed by atoms with Crippen molar-refractivity contribution >= 4 is 17.3 Å². The summed E-state index contributed by atoms with van der Waals surface area (Å²) in [5.41, 5.74) is 1.72. The third-order valence-electron chi connectivity index (χ3n) is 5.80. The molecule has 0 bridgehead atoms. The Labute approximate surface area is 192 Å². The van der Waals surface area contributed by atoms with Crippen LogP contribution in [0.25, 0.3) is 0 Å². The minimum atomic E-state index is -0.397. The molecule has 0 amide bonds. The third kappa shape index (κ3) is 4.01. The van der Waals surface area contributed by atoms with Crippen molar-refractivity contribution in [2.45, 2.75) is 33.1 Å². The molecule has 2 aromatic rings. The summed E-state index contributed by atoms with van der Waals surface area (Å²) < 4.78 is 27.9. The second kappa shape index (κ2) is 9.52. The number of Topliss-reactive ketones (excluding diaryl/α,β-unsaturated/α-hetero) is 3. The molecule has 1 heterocycles. The van der Waals surface area contributed by atoms with Gasteiger partial charge < -0.3 is 23.7 Å². The fourth-order valence-electron chi connectivity index (χ4n) is 4.52. The lowest BCUT2D eigenvalue weighted by molar-refractivity contribution is 0.0972. The normalized spacial score (nSPS) is 14.6. The van der Waals surface area contributed by atoms with Gasteiger partial charge in [-0.15, -0.1) is 0 Å². The first kappa shape index (κ1) is 24.1. The Morgan fingerprint density at radius 1 is 0.758 bits per heavy atom. The molecular formula is C25H28O8. The Balaban J connectivity index is 2.33. The average Bonchev–Trinajstić information content (AvgIpc) is 2.80. The smallest absolute Gasteiger partial charge is 0.203 e. The van der Waals surface area contributed by atoms with Gasteiger partial charge in [0.25, 0.3) is 0 Å². The van der Waals surface area contributed by atoms with Crippen molar-refractivity contribution < 1.29 is 38.1 Å². The van der Waals surface area contributed by atoms with Gasteiger partial charge in [0.1, 0.15) is 0 Å². The van der Waals surface area contributed by atoms with E-state index in [0.29, 0.717) is 29.2 Å². The fraction of sp³-hybridized carbons (Fsp3) is 0.400. The molecule has 0 saturated heterocycles. The number of methoxy groups -OCH3 is 4. The predicted molar refractivity (Wildman–Crippen MR) is 121 cm³/mol. The monoisotopic (exact) mass is 456 g/mol. The van der Waals surface area contributed by atoms with E-state index in [4.69, 9.17) is 23.7 Å². The number of carbonyl (C=O) groups excluding carboxylic acids is 3. The molecule has 1 unspecified atom stereocenters. The van der Waals surface area contributed by atoms with Gasteiger partial charge in [-0.3, -0.25) is 14.4 Å². The van der Waals surface area contributed by atoms with Gasteiger partial charge in [-0.25, -0.2) is 0 Å². The highest BCUT2D eigenvalue weighted by atomic mass is 16.5. The standard InChI is InChI=1S/C25H28O8/c1-12(26)18-19(13(2)27)24(31-6)25(32-7)20(14(3)28)21(18)16-10-15-8-9-17(29-4)23(30-5)22(15)33-11-16/h8-9,16H,10-11H2,1-7H3. The molecule has 1 aliphatic heterocycles. The van der Waals surface area contributed by atoms with E-state index in [1.807, 2.05) is 6.07 Å². The molecule has 8 heteroatoms. The van der Waals surface area contributed by atoms with Crippen molar-refractivity contribution in [2.75, 3.05) is 35.0 Å². The minimum absolute atomic E-state index is 0.0766. The van der Waals surface area contributed by atoms with Gasteiger partial charge in [-0.1, -0.05) is 6.07 Å². The van der Waals surface area contributed by atoms with Crippen LogP contribution in [0.15, 0.2) is 12.1 Å². The maximum Gasteiger partial charge on any atom is 0.203 e. The number of benzene rings is 2. The van der Waals surface area contributed by atoms with Gasteiger partial charge in [0, 0.05) is 11.5 Å². The number of carbonyl (C=O) groups is 3. The maximum absolute atomic E-state index is 12.9. The van der Waals surface area contributed by atoms with Crippen LogP contribution in [0.1, 0.15) is 68.9 Å². The molecule has 0 spiro atoms. The Bertz CT molecular complexity index is 1130. The lowest BCUT2D eigenvalue weighted by Crippen LogP contribution is -2.26. The summed E-state index contributed by atoms with van der Waals surface area (Å²) in [5.74, 6) is 0.349. The van der Waals surface area contributed by atoms with Crippen molar-refractivity contribution in [3.8, 4) is 28.7 Å². The van der Waals surface area contributed by atoms with Crippen molar-refractivity contribution in [3.05, 3.63) is 39.9 Å². The number of hydrogen-bond donors (Lipinski definition) is 0. The number of ether oxygens (including phenoxy) is 5. The van der Waals surface area contributed by atoms with Crippen molar-refractivity contribution in [2.24, 2.45) is 0 Å².